The molecule has 0 N–H and O–H groups in total. The Hall–Kier alpha value is -2.23. The minimum Gasteiger partial charge on any atom is -0.296 e. The Morgan fingerprint density at radius 3 is 2.10 bits per heavy atom. The van der Waals surface area contributed by atoms with Crippen molar-refractivity contribution in [1.82, 2.24) is 19.0 Å². The molecule has 0 aliphatic carbocycles. The number of amides is 1. The number of aryl methyl sites for hydroxylation is 5. The molecule has 1 amide bonds. The molecule has 0 saturated carbocycles. The Bertz CT molecular complexity index is 1090. The summed E-state index contributed by atoms with van der Waals surface area (Å²) in [6.07, 6.45) is 0.742. The number of hydrogen-bond donors (Lipinski definition) is 0. The standard InChI is InChI=1S/C22H31N5O3S/c1-15-12-16(2)21(17(3)13-15)31(29,30)26-10-8-25(9-11-26)19-6-7-27(22(19)28)20-14-18(4)23-24(20)5/h12-14,19H,6-11H2,1-5H3/t19-/m1/s1. The highest BCUT2D eigenvalue weighted by Crippen LogP contribution is 2.28. The summed E-state index contributed by atoms with van der Waals surface area (Å²) in [5.74, 6) is 0.890. The average Bonchev–Trinajstić information content (AvgIpc) is 3.21. The van der Waals surface area contributed by atoms with Crippen LogP contribution in [-0.2, 0) is 21.9 Å². The first kappa shape index (κ1) is 22.0. The van der Waals surface area contributed by atoms with Crippen LogP contribution in [0.4, 0.5) is 5.82 Å². The predicted molar refractivity (Wildman–Crippen MR) is 120 cm³/mol. The maximum absolute atomic E-state index is 13.3. The number of hydrogen-bond acceptors (Lipinski definition) is 5. The summed E-state index contributed by atoms with van der Waals surface area (Å²) in [5.41, 5.74) is 3.52. The molecule has 8 nitrogen and oxygen atoms in total. The Labute approximate surface area is 184 Å². The van der Waals surface area contributed by atoms with Gasteiger partial charge in [0.2, 0.25) is 15.9 Å². The maximum atomic E-state index is 13.3. The van der Waals surface area contributed by atoms with Gasteiger partial charge < -0.3 is 0 Å². The van der Waals surface area contributed by atoms with Crippen molar-refractivity contribution >= 4 is 21.7 Å². The number of anilines is 1. The van der Waals surface area contributed by atoms with Gasteiger partial charge in [0.05, 0.1) is 16.6 Å². The quantitative estimate of drug-likeness (QED) is 0.717. The van der Waals surface area contributed by atoms with Crippen LogP contribution in [0.5, 0.6) is 0 Å². The second kappa shape index (κ2) is 8.03. The molecule has 0 radical (unpaired) electrons. The number of aromatic nitrogens is 2. The largest absolute Gasteiger partial charge is 0.296 e. The van der Waals surface area contributed by atoms with Crippen molar-refractivity contribution in [3.05, 3.63) is 40.6 Å². The molecule has 168 valence electrons. The molecular formula is C22H31N5O3S. The Kier molecular flexibility index (Phi) is 5.70. The summed E-state index contributed by atoms with van der Waals surface area (Å²) in [4.78, 5) is 17.4. The number of nitrogens with zero attached hydrogens (tertiary/aromatic N) is 5. The number of carbonyl (C=O) groups is 1. The van der Waals surface area contributed by atoms with Gasteiger partial charge in [-0.2, -0.15) is 9.40 Å². The van der Waals surface area contributed by atoms with Gasteiger partial charge in [0.25, 0.3) is 0 Å². The number of benzene rings is 1. The molecule has 0 bridgehead atoms. The molecule has 1 aromatic carbocycles. The van der Waals surface area contributed by atoms with Crippen molar-refractivity contribution in [2.24, 2.45) is 7.05 Å². The smallest absolute Gasteiger partial charge is 0.245 e. The zero-order valence-corrected chi connectivity index (χ0v) is 19.7. The summed E-state index contributed by atoms with van der Waals surface area (Å²) in [6.45, 7) is 10.2. The zero-order valence-electron chi connectivity index (χ0n) is 18.9. The second-order valence-corrected chi connectivity index (χ2v) is 10.6. The fourth-order valence-corrected chi connectivity index (χ4v) is 6.87. The summed E-state index contributed by atoms with van der Waals surface area (Å²) in [5, 5.41) is 4.35. The van der Waals surface area contributed by atoms with Gasteiger partial charge in [-0.15, -0.1) is 0 Å². The monoisotopic (exact) mass is 445 g/mol. The van der Waals surface area contributed by atoms with Crippen molar-refractivity contribution in [2.45, 2.75) is 45.1 Å². The lowest BCUT2D eigenvalue weighted by Gasteiger charge is -2.37. The molecule has 9 heteroatoms. The molecule has 3 heterocycles. The average molecular weight is 446 g/mol. The van der Waals surface area contributed by atoms with Gasteiger partial charge in [-0.3, -0.25) is 19.3 Å². The van der Waals surface area contributed by atoms with Crippen molar-refractivity contribution < 1.29 is 13.2 Å². The van der Waals surface area contributed by atoms with Gasteiger partial charge in [0.15, 0.2) is 0 Å². The predicted octanol–water partition coefficient (Wildman–Crippen LogP) is 1.77. The van der Waals surface area contributed by atoms with Gasteiger partial charge in [-0.05, 0) is 45.2 Å². The van der Waals surface area contributed by atoms with Gasteiger partial charge in [0, 0.05) is 45.8 Å². The van der Waals surface area contributed by atoms with Crippen LogP contribution in [0.25, 0.3) is 0 Å². The van der Waals surface area contributed by atoms with E-state index in [1.807, 2.05) is 52.9 Å². The van der Waals surface area contributed by atoms with E-state index >= 15 is 0 Å². The first-order valence-corrected chi connectivity index (χ1v) is 12.2. The molecule has 2 aliphatic heterocycles. The van der Waals surface area contributed by atoms with E-state index in [1.54, 1.807) is 13.9 Å². The molecule has 1 atom stereocenters. The fourth-order valence-electron chi connectivity index (χ4n) is 5.04. The van der Waals surface area contributed by atoms with Crippen molar-refractivity contribution in [2.75, 3.05) is 37.6 Å². The lowest BCUT2D eigenvalue weighted by Crippen LogP contribution is -2.53. The van der Waals surface area contributed by atoms with Gasteiger partial charge >= 0.3 is 0 Å². The van der Waals surface area contributed by atoms with Crippen LogP contribution in [-0.4, -0.2) is 72.1 Å². The molecule has 31 heavy (non-hydrogen) atoms. The highest BCUT2D eigenvalue weighted by molar-refractivity contribution is 7.89. The van der Waals surface area contributed by atoms with E-state index in [0.717, 1.165) is 34.6 Å². The Balaban J connectivity index is 1.46. The van der Waals surface area contributed by atoms with E-state index in [1.165, 1.54) is 0 Å². The van der Waals surface area contributed by atoms with E-state index in [9.17, 15) is 13.2 Å². The third-order valence-electron chi connectivity index (χ3n) is 6.35. The number of carbonyl (C=O) groups excluding carboxylic acids is 1. The van der Waals surface area contributed by atoms with Crippen LogP contribution >= 0.6 is 0 Å². The third-order valence-corrected chi connectivity index (χ3v) is 8.55. The number of rotatable bonds is 4. The molecule has 4 rings (SSSR count). The zero-order chi connectivity index (χ0) is 22.5. The fraction of sp³-hybridized carbons (Fsp3) is 0.545. The van der Waals surface area contributed by atoms with E-state index in [2.05, 4.69) is 10.00 Å². The Morgan fingerprint density at radius 1 is 0.935 bits per heavy atom. The van der Waals surface area contributed by atoms with Crippen molar-refractivity contribution in [3.63, 3.8) is 0 Å². The van der Waals surface area contributed by atoms with Crippen molar-refractivity contribution in [1.29, 1.82) is 0 Å². The minimum absolute atomic E-state index is 0.0736. The summed E-state index contributed by atoms with van der Waals surface area (Å²) < 4.78 is 30.0. The lowest BCUT2D eigenvalue weighted by molar-refractivity contribution is -0.122. The minimum atomic E-state index is -3.56. The van der Waals surface area contributed by atoms with Crippen molar-refractivity contribution in [3.8, 4) is 0 Å². The van der Waals surface area contributed by atoms with Crippen LogP contribution < -0.4 is 4.90 Å². The first-order valence-electron chi connectivity index (χ1n) is 10.7. The van der Waals surface area contributed by atoms with Crippen LogP contribution in [0, 0.1) is 27.7 Å². The second-order valence-electron chi connectivity index (χ2n) is 8.73. The molecule has 2 saturated heterocycles. The molecule has 1 aromatic heterocycles. The van der Waals surface area contributed by atoms with Crippen LogP contribution in [0.1, 0.15) is 28.8 Å². The van der Waals surface area contributed by atoms with E-state index in [-0.39, 0.29) is 11.9 Å². The maximum Gasteiger partial charge on any atom is 0.245 e. The third kappa shape index (κ3) is 3.90. The molecule has 0 unspecified atom stereocenters. The lowest BCUT2D eigenvalue weighted by atomic mass is 10.1. The normalized spacial score (nSPS) is 21.3. The van der Waals surface area contributed by atoms with Crippen LogP contribution in [0.3, 0.4) is 0 Å². The van der Waals surface area contributed by atoms with Crippen LogP contribution in [0.15, 0.2) is 23.1 Å². The van der Waals surface area contributed by atoms with Gasteiger partial charge in [0.1, 0.15) is 5.82 Å². The molecule has 2 fully saturated rings. The highest BCUT2D eigenvalue weighted by Gasteiger charge is 2.40. The summed E-state index contributed by atoms with van der Waals surface area (Å²) >= 11 is 0. The Morgan fingerprint density at radius 2 is 1.55 bits per heavy atom. The van der Waals surface area contributed by atoms with Crippen LogP contribution in [0.2, 0.25) is 0 Å². The van der Waals surface area contributed by atoms with E-state index in [0.29, 0.717) is 37.6 Å². The number of piperazine rings is 1. The van der Waals surface area contributed by atoms with E-state index < -0.39 is 10.0 Å². The molecule has 0 spiro atoms. The first-order chi connectivity index (χ1) is 14.6. The highest BCUT2D eigenvalue weighted by atomic mass is 32.2. The summed E-state index contributed by atoms with van der Waals surface area (Å²) in [7, 11) is -1.71. The van der Waals surface area contributed by atoms with Gasteiger partial charge in [-0.1, -0.05) is 17.7 Å². The summed E-state index contributed by atoms with van der Waals surface area (Å²) in [6, 6.07) is 5.56. The molecular weight excluding hydrogens is 414 g/mol. The van der Waals surface area contributed by atoms with Gasteiger partial charge in [-0.25, -0.2) is 8.42 Å². The molecule has 2 aromatic rings. The number of sulfonamides is 1. The van der Waals surface area contributed by atoms with E-state index in [4.69, 9.17) is 0 Å². The SMILES string of the molecule is Cc1cc(C)c(S(=O)(=O)N2CCN([C@@H]3CCN(c4cc(C)nn4C)C3=O)CC2)c(C)c1. The molecule has 2 aliphatic rings. The topological polar surface area (TPSA) is 78.8 Å².